The average Bonchev–Trinajstić information content (AvgIpc) is 3.46. The lowest BCUT2D eigenvalue weighted by atomic mass is 10.1. The molecule has 33 heavy (non-hydrogen) atoms. The number of pyridine rings is 1. The number of aromatic nitrogens is 3. The Bertz CT molecular complexity index is 1370. The maximum absolute atomic E-state index is 13.3. The molecule has 0 aliphatic rings. The Morgan fingerprint density at radius 1 is 1.12 bits per heavy atom. The van der Waals surface area contributed by atoms with Gasteiger partial charge in [-0.25, -0.2) is 14.6 Å². The molecule has 9 heteroatoms. The van der Waals surface area contributed by atoms with Crippen molar-refractivity contribution >= 4 is 29.0 Å². The van der Waals surface area contributed by atoms with Gasteiger partial charge < -0.3 is 18.6 Å². The van der Waals surface area contributed by atoms with Crippen LogP contribution in [0.3, 0.4) is 0 Å². The van der Waals surface area contributed by atoms with Crippen LogP contribution >= 0.6 is 0 Å². The lowest BCUT2D eigenvalue weighted by molar-refractivity contribution is -0.134. The molecule has 0 bridgehead atoms. The van der Waals surface area contributed by atoms with Crippen LogP contribution in [0.4, 0.5) is 0 Å². The Kier molecular flexibility index (Phi) is 5.95. The van der Waals surface area contributed by atoms with Crippen LogP contribution in [0, 0.1) is 6.92 Å². The van der Waals surface area contributed by atoms with Crippen molar-refractivity contribution < 1.29 is 28.2 Å². The van der Waals surface area contributed by atoms with Crippen molar-refractivity contribution in [1.82, 2.24) is 14.8 Å². The summed E-state index contributed by atoms with van der Waals surface area (Å²) < 4.78 is 22.7. The first-order valence-corrected chi connectivity index (χ1v) is 9.95. The molecule has 0 saturated carbocycles. The molecule has 168 valence electrons. The van der Waals surface area contributed by atoms with Gasteiger partial charge in [0.25, 0.3) is 0 Å². The molecule has 0 fully saturated rings. The minimum absolute atomic E-state index is 0.226. The monoisotopic (exact) mass is 447 g/mol. The molecule has 0 aliphatic carbocycles. The smallest absolute Gasteiger partial charge is 0.344 e. The fourth-order valence-electron chi connectivity index (χ4n) is 3.42. The highest BCUT2D eigenvalue weighted by Crippen LogP contribution is 2.32. The van der Waals surface area contributed by atoms with Gasteiger partial charge >= 0.3 is 11.9 Å². The Labute approximate surface area is 189 Å². The number of furan rings is 1. The molecule has 0 radical (unpaired) electrons. The molecule has 3 aromatic heterocycles. The van der Waals surface area contributed by atoms with Crippen LogP contribution in [-0.2, 0) is 16.6 Å². The third kappa shape index (κ3) is 4.33. The number of carbonyl (C=O) groups excluding carboxylic acids is 2. The van der Waals surface area contributed by atoms with E-state index in [1.807, 2.05) is 0 Å². The number of ether oxygens (including phenoxy) is 3. The van der Waals surface area contributed by atoms with Crippen molar-refractivity contribution in [2.75, 3.05) is 14.2 Å². The van der Waals surface area contributed by atoms with Gasteiger partial charge in [0.2, 0.25) is 0 Å². The van der Waals surface area contributed by atoms with Crippen LogP contribution in [0.15, 0.2) is 53.2 Å². The number of hydrogen-bond acceptors (Lipinski definition) is 8. The molecule has 1 aromatic carbocycles. The zero-order valence-electron chi connectivity index (χ0n) is 18.5. The normalized spacial score (nSPS) is 11.2. The van der Waals surface area contributed by atoms with Crippen LogP contribution in [0.25, 0.3) is 28.6 Å². The van der Waals surface area contributed by atoms with Crippen molar-refractivity contribution in [3.05, 3.63) is 65.6 Å². The van der Waals surface area contributed by atoms with E-state index in [0.29, 0.717) is 45.1 Å². The van der Waals surface area contributed by atoms with Gasteiger partial charge in [-0.05, 0) is 48.9 Å². The van der Waals surface area contributed by atoms with Crippen LogP contribution in [0.1, 0.15) is 21.6 Å². The van der Waals surface area contributed by atoms with Gasteiger partial charge in [0, 0.05) is 13.1 Å². The topological polar surface area (TPSA) is 106 Å². The Morgan fingerprint density at radius 3 is 2.64 bits per heavy atom. The van der Waals surface area contributed by atoms with E-state index < -0.39 is 11.9 Å². The second kappa shape index (κ2) is 8.99. The molecule has 0 atom stereocenters. The van der Waals surface area contributed by atoms with E-state index in [1.165, 1.54) is 26.6 Å². The fourth-order valence-corrected chi connectivity index (χ4v) is 3.42. The lowest BCUT2D eigenvalue weighted by Crippen LogP contribution is -2.11. The van der Waals surface area contributed by atoms with Gasteiger partial charge in [-0.3, -0.25) is 4.68 Å². The number of methoxy groups -OCH3 is 2. The zero-order chi connectivity index (χ0) is 23.5. The summed E-state index contributed by atoms with van der Waals surface area (Å²) in [7, 11) is 4.52. The van der Waals surface area contributed by atoms with Crippen molar-refractivity contribution in [1.29, 1.82) is 0 Å². The van der Waals surface area contributed by atoms with E-state index in [9.17, 15) is 9.59 Å². The number of esters is 2. The van der Waals surface area contributed by atoms with Gasteiger partial charge in [0.15, 0.2) is 22.9 Å². The summed E-state index contributed by atoms with van der Waals surface area (Å²) in [6.45, 7) is 1.80. The highest BCUT2D eigenvalue weighted by Gasteiger charge is 2.22. The predicted octanol–water partition coefficient (Wildman–Crippen LogP) is 3.95. The number of aryl methyl sites for hydroxylation is 2. The molecule has 0 amide bonds. The molecular formula is C24H21N3O6. The van der Waals surface area contributed by atoms with Crippen LogP contribution < -0.4 is 9.47 Å². The van der Waals surface area contributed by atoms with E-state index in [2.05, 4.69) is 14.8 Å². The summed E-state index contributed by atoms with van der Waals surface area (Å²) in [5.41, 5.74) is 2.63. The van der Waals surface area contributed by atoms with Crippen molar-refractivity contribution in [2.45, 2.75) is 6.92 Å². The van der Waals surface area contributed by atoms with Crippen LogP contribution in [0.5, 0.6) is 11.5 Å². The SMILES string of the molecule is COC(=O)/C=C/c1ccc(OC(=O)c2cc(-c3ccco3)nc3c2c(C)nn3C)c(OC)c1. The second-order valence-electron chi connectivity index (χ2n) is 7.10. The van der Waals surface area contributed by atoms with Crippen molar-refractivity contribution in [2.24, 2.45) is 7.05 Å². The first-order valence-electron chi connectivity index (χ1n) is 9.95. The number of benzene rings is 1. The summed E-state index contributed by atoms with van der Waals surface area (Å²) in [6, 6.07) is 10.1. The molecule has 0 unspecified atom stereocenters. The van der Waals surface area contributed by atoms with E-state index >= 15 is 0 Å². The lowest BCUT2D eigenvalue weighted by Gasteiger charge is -2.11. The van der Waals surface area contributed by atoms with Gasteiger partial charge in [-0.15, -0.1) is 0 Å². The van der Waals surface area contributed by atoms with E-state index in [4.69, 9.17) is 13.9 Å². The first-order chi connectivity index (χ1) is 15.9. The number of carbonyl (C=O) groups is 2. The number of rotatable bonds is 6. The third-order valence-electron chi connectivity index (χ3n) is 4.97. The first kappa shape index (κ1) is 21.8. The number of fused-ring (bicyclic) bond motifs is 1. The highest BCUT2D eigenvalue weighted by atomic mass is 16.6. The van der Waals surface area contributed by atoms with Crippen molar-refractivity contribution in [3.63, 3.8) is 0 Å². The largest absolute Gasteiger partial charge is 0.493 e. The Morgan fingerprint density at radius 2 is 1.94 bits per heavy atom. The average molecular weight is 447 g/mol. The molecule has 0 N–H and O–H groups in total. The third-order valence-corrected chi connectivity index (χ3v) is 4.97. The predicted molar refractivity (Wildman–Crippen MR) is 120 cm³/mol. The van der Waals surface area contributed by atoms with Gasteiger partial charge in [-0.2, -0.15) is 5.10 Å². The molecule has 3 heterocycles. The summed E-state index contributed by atoms with van der Waals surface area (Å²) >= 11 is 0. The molecule has 0 aliphatic heterocycles. The van der Waals surface area contributed by atoms with Crippen LogP contribution in [-0.4, -0.2) is 40.9 Å². The molecular weight excluding hydrogens is 426 g/mol. The summed E-state index contributed by atoms with van der Waals surface area (Å²) in [4.78, 5) is 29.2. The van der Waals surface area contributed by atoms with Crippen LogP contribution in [0.2, 0.25) is 0 Å². The Balaban J connectivity index is 1.72. The van der Waals surface area contributed by atoms with Gasteiger partial charge in [-0.1, -0.05) is 6.07 Å². The van der Waals surface area contributed by atoms with Crippen molar-refractivity contribution in [3.8, 4) is 23.0 Å². The van der Waals surface area contributed by atoms with E-state index in [-0.39, 0.29) is 5.75 Å². The van der Waals surface area contributed by atoms with Gasteiger partial charge in [0.05, 0.1) is 37.1 Å². The molecule has 4 rings (SSSR count). The number of hydrogen-bond donors (Lipinski definition) is 0. The molecule has 0 saturated heterocycles. The summed E-state index contributed by atoms with van der Waals surface area (Å²) in [5.74, 6) is -0.00410. The molecule has 9 nitrogen and oxygen atoms in total. The zero-order valence-corrected chi connectivity index (χ0v) is 18.5. The summed E-state index contributed by atoms with van der Waals surface area (Å²) in [5, 5.41) is 4.99. The summed E-state index contributed by atoms with van der Waals surface area (Å²) in [6.07, 6.45) is 4.39. The van der Waals surface area contributed by atoms with E-state index in [0.717, 1.165) is 0 Å². The molecule has 0 spiro atoms. The second-order valence-corrected chi connectivity index (χ2v) is 7.10. The Hall–Kier alpha value is -4.40. The highest BCUT2D eigenvalue weighted by molar-refractivity contribution is 6.05. The maximum atomic E-state index is 13.3. The number of nitrogens with zero attached hydrogens (tertiary/aromatic N) is 3. The molecule has 4 aromatic rings. The van der Waals surface area contributed by atoms with E-state index in [1.54, 1.807) is 61.1 Å². The standard InChI is InChI=1S/C24H21N3O6/c1-14-22-16(13-17(18-6-5-11-32-18)25-23(22)27(2)26-14)24(29)33-19-9-7-15(12-20(19)30-3)8-10-21(28)31-4/h5-13H,1-4H3/b10-8+. The minimum atomic E-state index is -0.595. The van der Waals surface area contributed by atoms with Gasteiger partial charge in [0.1, 0.15) is 5.69 Å². The quantitative estimate of drug-likeness (QED) is 0.249. The fraction of sp³-hybridized carbons (Fsp3) is 0.167. The maximum Gasteiger partial charge on any atom is 0.344 e. The minimum Gasteiger partial charge on any atom is -0.493 e.